The third-order valence-corrected chi connectivity index (χ3v) is 2.93. The molecule has 20 heavy (non-hydrogen) atoms. The Balaban J connectivity index is 2.77. The van der Waals surface area contributed by atoms with Gasteiger partial charge in [-0.1, -0.05) is 0 Å². The normalized spacial score (nSPS) is 11.2. The average Bonchev–Trinajstić information content (AvgIpc) is 2.33. The molecule has 0 fully saturated rings. The molecule has 0 aliphatic heterocycles. The molecule has 1 N–H and O–H groups in total. The fourth-order valence-corrected chi connectivity index (χ4v) is 2.03. The molecule has 0 heterocycles. The van der Waals surface area contributed by atoms with Crippen LogP contribution in [0.25, 0.3) is 0 Å². The number of hydrogen-bond donors (Lipinski definition) is 1. The molecular formula is C14H19BrO5. The molecule has 0 radical (unpaired) electrons. The first-order chi connectivity index (χ1) is 9.24. The minimum atomic E-state index is -1.02. The Morgan fingerprint density at radius 2 is 1.95 bits per heavy atom. The van der Waals surface area contributed by atoms with Crippen LogP contribution >= 0.6 is 15.9 Å². The maximum absolute atomic E-state index is 11.0. The number of hydrogen-bond acceptors (Lipinski definition) is 4. The van der Waals surface area contributed by atoms with Crippen LogP contribution in [-0.4, -0.2) is 37.0 Å². The monoisotopic (exact) mass is 346 g/mol. The third-order valence-electron chi connectivity index (χ3n) is 2.34. The topological polar surface area (TPSA) is 65.0 Å². The van der Waals surface area contributed by atoms with Crippen LogP contribution in [0, 0.1) is 0 Å². The molecule has 0 atom stereocenters. The lowest BCUT2D eigenvalue weighted by Gasteiger charge is -2.20. The summed E-state index contributed by atoms with van der Waals surface area (Å²) < 4.78 is 16.8. The molecule has 0 amide bonds. The average molecular weight is 347 g/mol. The third kappa shape index (κ3) is 5.02. The van der Waals surface area contributed by atoms with Crippen LogP contribution in [0.5, 0.6) is 11.5 Å². The van der Waals surface area contributed by atoms with Crippen LogP contribution in [0.1, 0.15) is 31.1 Å². The predicted molar refractivity (Wildman–Crippen MR) is 78.9 cm³/mol. The zero-order valence-electron chi connectivity index (χ0n) is 12.0. The lowest BCUT2D eigenvalue weighted by Crippen LogP contribution is -2.22. The molecule has 1 aromatic rings. The van der Waals surface area contributed by atoms with Crippen molar-refractivity contribution in [1.29, 1.82) is 0 Å². The summed E-state index contributed by atoms with van der Waals surface area (Å²) in [5.74, 6) is -0.186. The number of carbonyl (C=O) groups is 1. The van der Waals surface area contributed by atoms with Crippen LogP contribution in [0.15, 0.2) is 16.6 Å². The number of halogens is 1. The van der Waals surface area contributed by atoms with Gasteiger partial charge in [0, 0.05) is 0 Å². The fraction of sp³-hybridized carbons (Fsp3) is 0.500. The Labute approximate surface area is 127 Å². The fourth-order valence-electron chi connectivity index (χ4n) is 1.47. The second-order valence-corrected chi connectivity index (χ2v) is 5.96. The number of benzene rings is 1. The van der Waals surface area contributed by atoms with Crippen molar-refractivity contribution in [3.8, 4) is 11.5 Å². The summed E-state index contributed by atoms with van der Waals surface area (Å²) in [6, 6.07) is 2.90. The summed E-state index contributed by atoms with van der Waals surface area (Å²) in [5.41, 5.74) is -0.0929. The molecule has 0 bridgehead atoms. The van der Waals surface area contributed by atoms with Crippen LogP contribution < -0.4 is 9.47 Å². The van der Waals surface area contributed by atoms with Crippen LogP contribution in [-0.2, 0) is 4.74 Å². The molecule has 0 aliphatic carbocycles. The standard InChI is InChI=1S/C14H19BrO5/c1-14(2,3)20-6-5-19-12-10(15)7-9(13(16)17)8-11(12)18-4/h7-8H,5-6H2,1-4H3,(H,16,17). The molecule has 0 unspecified atom stereocenters. The largest absolute Gasteiger partial charge is 0.493 e. The predicted octanol–water partition coefficient (Wildman–Crippen LogP) is 3.35. The first-order valence-electron chi connectivity index (χ1n) is 6.12. The molecule has 0 aromatic heterocycles. The zero-order chi connectivity index (χ0) is 15.3. The van der Waals surface area contributed by atoms with Gasteiger partial charge in [-0.25, -0.2) is 4.79 Å². The first kappa shape index (κ1) is 16.8. The Hall–Kier alpha value is -1.27. The lowest BCUT2D eigenvalue weighted by molar-refractivity contribution is -0.0166. The van der Waals surface area contributed by atoms with Gasteiger partial charge < -0.3 is 19.3 Å². The van der Waals surface area contributed by atoms with E-state index in [1.54, 1.807) is 0 Å². The smallest absolute Gasteiger partial charge is 0.335 e. The van der Waals surface area contributed by atoms with E-state index in [0.717, 1.165) is 0 Å². The van der Waals surface area contributed by atoms with E-state index in [4.69, 9.17) is 19.3 Å². The summed E-state index contributed by atoms with van der Waals surface area (Å²) in [6.45, 7) is 6.67. The Bertz CT molecular complexity index is 479. The van der Waals surface area contributed by atoms with Gasteiger partial charge >= 0.3 is 5.97 Å². The minimum absolute atomic E-state index is 0.131. The second-order valence-electron chi connectivity index (χ2n) is 5.10. The number of aromatic carboxylic acids is 1. The van der Waals surface area contributed by atoms with Crippen LogP contribution in [0.4, 0.5) is 0 Å². The molecule has 0 saturated carbocycles. The molecule has 0 aliphatic rings. The highest BCUT2D eigenvalue weighted by atomic mass is 79.9. The minimum Gasteiger partial charge on any atom is -0.493 e. The highest BCUT2D eigenvalue weighted by Crippen LogP contribution is 2.36. The van der Waals surface area contributed by atoms with Gasteiger partial charge in [0.05, 0.1) is 29.4 Å². The maximum atomic E-state index is 11.0. The highest BCUT2D eigenvalue weighted by molar-refractivity contribution is 9.10. The number of ether oxygens (including phenoxy) is 3. The van der Waals surface area contributed by atoms with Gasteiger partial charge in [-0.05, 0) is 48.8 Å². The van der Waals surface area contributed by atoms with Gasteiger partial charge in [-0.2, -0.15) is 0 Å². The molecule has 5 nitrogen and oxygen atoms in total. The zero-order valence-corrected chi connectivity index (χ0v) is 13.6. The quantitative estimate of drug-likeness (QED) is 0.800. The number of rotatable bonds is 6. The Morgan fingerprint density at radius 1 is 1.30 bits per heavy atom. The van der Waals surface area contributed by atoms with E-state index in [0.29, 0.717) is 29.2 Å². The molecule has 0 saturated heterocycles. The van der Waals surface area contributed by atoms with E-state index in [2.05, 4.69) is 15.9 Å². The molecule has 112 valence electrons. The maximum Gasteiger partial charge on any atom is 0.335 e. The Kier molecular flexibility index (Phi) is 5.83. The van der Waals surface area contributed by atoms with E-state index in [-0.39, 0.29) is 11.2 Å². The molecule has 1 aromatic carbocycles. The number of carboxylic acids is 1. The Morgan fingerprint density at radius 3 is 2.45 bits per heavy atom. The molecular weight excluding hydrogens is 328 g/mol. The van der Waals surface area contributed by atoms with Gasteiger partial charge in [-0.15, -0.1) is 0 Å². The summed E-state index contributed by atoms with van der Waals surface area (Å²) >= 11 is 3.29. The second kappa shape index (κ2) is 6.95. The van der Waals surface area contributed by atoms with E-state index in [9.17, 15) is 4.79 Å². The van der Waals surface area contributed by atoms with Crippen molar-refractivity contribution in [3.63, 3.8) is 0 Å². The van der Waals surface area contributed by atoms with Gasteiger partial charge in [-0.3, -0.25) is 0 Å². The number of carboxylic acid groups (broad SMARTS) is 1. The summed E-state index contributed by atoms with van der Waals surface area (Å²) in [4.78, 5) is 11.0. The molecule has 0 spiro atoms. The van der Waals surface area contributed by atoms with Crippen molar-refractivity contribution >= 4 is 21.9 Å². The van der Waals surface area contributed by atoms with E-state index >= 15 is 0 Å². The highest BCUT2D eigenvalue weighted by Gasteiger charge is 2.15. The number of methoxy groups -OCH3 is 1. The lowest BCUT2D eigenvalue weighted by atomic mass is 10.2. The SMILES string of the molecule is COc1cc(C(=O)O)cc(Br)c1OCCOC(C)(C)C. The van der Waals surface area contributed by atoms with Crippen molar-refractivity contribution in [3.05, 3.63) is 22.2 Å². The van der Waals surface area contributed by atoms with Crippen molar-refractivity contribution in [2.45, 2.75) is 26.4 Å². The van der Waals surface area contributed by atoms with Crippen molar-refractivity contribution in [2.75, 3.05) is 20.3 Å². The van der Waals surface area contributed by atoms with Crippen LogP contribution in [0.3, 0.4) is 0 Å². The van der Waals surface area contributed by atoms with E-state index in [1.807, 2.05) is 20.8 Å². The first-order valence-corrected chi connectivity index (χ1v) is 6.91. The van der Waals surface area contributed by atoms with Gasteiger partial charge in [0.15, 0.2) is 11.5 Å². The van der Waals surface area contributed by atoms with Crippen molar-refractivity contribution < 1.29 is 24.1 Å². The van der Waals surface area contributed by atoms with E-state index < -0.39 is 5.97 Å². The summed E-state index contributed by atoms with van der Waals surface area (Å²) in [5, 5.41) is 8.99. The summed E-state index contributed by atoms with van der Waals surface area (Å²) in [6.07, 6.45) is 0. The van der Waals surface area contributed by atoms with Gasteiger partial charge in [0.2, 0.25) is 0 Å². The molecule has 6 heteroatoms. The molecule has 1 rings (SSSR count). The van der Waals surface area contributed by atoms with Crippen molar-refractivity contribution in [1.82, 2.24) is 0 Å². The van der Waals surface area contributed by atoms with Gasteiger partial charge in [0.25, 0.3) is 0 Å². The van der Waals surface area contributed by atoms with E-state index in [1.165, 1.54) is 19.2 Å². The van der Waals surface area contributed by atoms with Crippen LogP contribution in [0.2, 0.25) is 0 Å². The van der Waals surface area contributed by atoms with Gasteiger partial charge in [0.1, 0.15) is 6.61 Å². The van der Waals surface area contributed by atoms with Crippen molar-refractivity contribution in [2.24, 2.45) is 0 Å². The summed E-state index contributed by atoms with van der Waals surface area (Å²) in [7, 11) is 1.46.